The van der Waals surface area contributed by atoms with Crippen LogP contribution in [-0.2, 0) is 0 Å². The Morgan fingerprint density at radius 3 is 3.00 bits per heavy atom. The molecule has 1 aromatic carbocycles. The van der Waals surface area contributed by atoms with E-state index < -0.39 is 0 Å². The zero-order chi connectivity index (χ0) is 12.4. The van der Waals surface area contributed by atoms with Gasteiger partial charge in [-0.15, -0.1) is 0 Å². The summed E-state index contributed by atoms with van der Waals surface area (Å²) in [6.07, 6.45) is 6.77. The summed E-state index contributed by atoms with van der Waals surface area (Å²) in [6, 6.07) is 11.2. The summed E-state index contributed by atoms with van der Waals surface area (Å²) >= 11 is 0. The van der Waals surface area contributed by atoms with Crippen LogP contribution in [-0.4, -0.2) is 17.6 Å². The van der Waals surface area contributed by atoms with Crippen molar-refractivity contribution in [2.75, 3.05) is 6.54 Å². The van der Waals surface area contributed by atoms with E-state index in [0.29, 0.717) is 0 Å². The number of benzene rings is 1. The van der Waals surface area contributed by atoms with Crippen LogP contribution in [0.2, 0.25) is 0 Å². The number of pyridine rings is 1. The smallest absolute Gasteiger partial charge is 0.0774 e. The molecule has 0 saturated heterocycles. The summed E-state index contributed by atoms with van der Waals surface area (Å²) in [7, 11) is 0. The molecule has 0 spiro atoms. The van der Waals surface area contributed by atoms with Gasteiger partial charge >= 0.3 is 0 Å². The lowest BCUT2D eigenvalue weighted by Gasteiger charge is -2.05. The Balaban J connectivity index is 1.86. The Morgan fingerprint density at radius 1 is 1.33 bits per heavy atom. The van der Waals surface area contributed by atoms with Crippen molar-refractivity contribution in [1.82, 2.24) is 10.3 Å². The van der Waals surface area contributed by atoms with Crippen molar-refractivity contribution in [2.24, 2.45) is 0 Å². The van der Waals surface area contributed by atoms with Gasteiger partial charge in [-0.1, -0.05) is 35.9 Å². The molecular weight excluding hydrogens is 220 g/mol. The Kier molecular flexibility index (Phi) is 3.11. The number of hydrogen-bond donors (Lipinski definition) is 1. The zero-order valence-corrected chi connectivity index (χ0v) is 10.7. The Hall–Kier alpha value is -1.67. The molecule has 1 aliphatic carbocycles. The molecule has 0 aliphatic heterocycles. The molecule has 2 heteroatoms. The molecule has 1 aliphatic rings. The van der Waals surface area contributed by atoms with Gasteiger partial charge in [0.25, 0.3) is 0 Å². The summed E-state index contributed by atoms with van der Waals surface area (Å²) in [5.74, 6) is 0. The maximum Gasteiger partial charge on any atom is 0.0774 e. The van der Waals surface area contributed by atoms with E-state index in [1.54, 1.807) is 0 Å². The number of rotatable bonds is 4. The Labute approximate surface area is 108 Å². The third-order valence-electron chi connectivity index (χ3n) is 3.31. The number of nitrogens with zero attached hydrogens (tertiary/aromatic N) is 1. The quantitative estimate of drug-likeness (QED) is 0.883. The van der Waals surface area contributed by atoms with Gasteiger partial charge in [0.05, 0.1) is 5.52 Å². The molecule has 0 amide bonds. The molecule has 3 rings (SSSR count). The summed E-state index contributed by atoms with van der Waals surface area (Å²) < 4.78 is 0. The standard InChI is InChI=1S/C16H18N2/c1-12(11-18-15-7-8-15)10-14-5-2-4-13-6-3-9-17-16(13)14/h2-6,9-10,15,18H,7-8,11H2,1H3. The normalized spacial score (nSPS) is 16.2. The number of nitrogens with one attached hydrogen (secondary N) is 1. The van der Waals surface area contributed by atoms with Crippen molar-refractivity contribution >= 4 is 17.0 Å². The highest BCUT2D eigenvalue weighted by Gasteiger charge is 2.19. The molecule has 92 valence electrons. The van der Waals surface area contributed by atoms with Crippen LogP contribution in [0.3, 0.4) is 0 Å². The fourth-order valence-electron chi connectivity index (χ4n) is 2.15. The molecule has 1 heterocycles. The van der Waals surface area contributed by atoms with Gasteiger partial charge in [-0.2, -0.15) is 0 Å². The molecule has 0 atom stereocenters. The number of fused-ring (bicyclic) bond motifs is 1. The topological polar surface area (TPSA) is 24.9 Å². The first-order valence-electron chi connectivity index (χ1n) is 6.57. The van der Waals surface area contributed by atoms with Crippen LogP contribution in [0.4, 0.5) is 0 Å². The van der Waals surface area contributed by atoms with E-state index in [2.05, 4.69) is 47.6 Å². The third-order valence-corrected chi connectivity index (χ3v) is 3.31. The first-order chi connectivity index (χ1) is 8.83. The van der Waals surface area contributed by atoms with Crippen LogP contribution in [0.1, 0.15) is 25.3 Å². The van der Waals surface area contributed by atoms with E-state index in [1.807, 2.05) is 12.3 Å². The fourth-order valence-corrected chi connectivity index (χ4v) is 2.15. The van der Waals surface area contributed by atoms with Crippen LogP contribution in [0, 0.1) is 0 Å². The van der Waals surface area contributed by atoms with Gasteiger partial charge in [0.2, 0.25) is 0 Å². The summed E-state index contributed by atoms with van der Waals surface area (Å²) in [6.45, 7) is 3.16. The number of hydrogen-bond acceptors (Lipinski definition) is 2. The molecule has 2 nitrogen and oxygen atoms in total. The molecule has 2 aromatic rings. The zero-order valence-electron chi connectivity index (χ0n) is 10.7. The van der Waals surface area contributed by atoms with Crippen LogP contribution in [0.15, 0.2) is 42.1 Å². The third kappa shape index (κ3) is 2.59. The van der Waals surface area contributed by atoms with E-state index >= 15 is 0 Å². The maximum atomic E-state index is 4.48. The van der Waals surface area contributed by atoms with Gasteiger partial charge in [0.1, 0.15) is 0 Å². The van der Waals surface area contributed by atoms with Crippen LogP contribution < -0.4 is 5.32 Å². The Morgan fingerprint density at radius 2 is 2.17 bits per heavy atom. The lowest BCUT2D eigenvalue weighted by molar-refractivity contribution is 0.736. The molecule has 0 radical (unpaired) electrons. The van der Waals surface area contributed by atoms with Crippen molar-refractivity contribution in [2.45, 2.75) is 25.8 Å². The summed E-state index contributed by atoms with van der Waals surface area (Å²) in [5, 5.41) is 4.74. The highest BCUT2D eigenvalue weighted by molar-refractivity contribution is 5.87. The highest BCUT2D eigenvalue weighted by atomic mass is 14.9. The van der Waals surface area contributed by atoms with Gasteiger partial charge in [-0.05, 0) is 25.8 Å². The molecule has 18 heavy (non-hydrogen) atoms. The van der Waals surface area contributed by atoms with Crippen molar-refractivity contribution in [3.8, 4) is 0 Å². The van der Waals surface area contributed by atoms with E-state index in [-0.39, 0.29) is 0 Å². The fraction of sp³-hybridized carbons (Fsp3) is 0.312. The average Bonchev–Trinajstić information content (AvgIpc) is 3.21. The predicted molar refractivity (Wildman–Crippen MR) is 76.4 cm³/mol. The summed E-state index contributed by atoms with van der Waals surface area (Å²) in [5.41, 5.74) is 3.66. The monoisotopic (exact) mass is 238 g/mol. The van der Waals surface area contributed by atoms with E-state index in [1.165, 1.54) is 29.4 Å². The largest absolute Gasteiger partial charge is 0.310 e. The minimum absolute atomic E-state index is 0.763. The van der Waals surface area contributed by atoms with Crippen molar-refractivity contribution in [3.63, 3.8) is 0 Å². The lowest BCUT2D eigenvalue weighted by Crippen LogP contribution is -2.18. The van der Waals surface area contributed by atoms with Crippen LogP contribution in [0.5, 0.6) is 0 Å². The molecule has 1 saturated carbocycles. The molecule has 0 unspecified atom stereocenters. The lowest BCUT2D eigenvalue weighted by atomic mass is 10.1. The summed E-state index contributed by atoms with van der Waals surface area (Å²) in [4.78, 5) is 4.48. The minimum Gasteiger partial charge on any atom is -0.310 e. The Bertz CT molecular complexity index is 577. The van der Waals surface area contributed by atoms with Gasteiger partial charge in [0, 0.05) is 29.7 Å². The van der Waals surface area contributed by atoms with Crippen LogP contribution in [0.25, 0.3) is 17.0 Å². The van der Waals surface area contributed by atoms with Gasteiger partial charge in [-0.25, -0.2) is 0 Å². The second-order valence-corrected chi connectivity index (χ2v) is 5.07. The van der Waals surface area contributed by atoms with Crippen LogP contribution >= 0.6 is 0 Å². The highest BCUT2D eigenvalue weighted by Crippen LogP contribution is 2.20. The second kappa shape index (κ2) is 4.91. The van der Waals surface area contributed by atoms with E-state index in [4.69, 9.17) is 0 Å². The minimum atomic E-state index is 0.763. The van der Waals surface area contributed by atoms with E-state index in [0.717, 1.165) is 18.1 Å². The van der Waals surface area contributed by atoms with Gasteiger partial charge < -0.3 is 5.32 Å². The molecule has 1 fully saturated rings. The molecular formula is C16H18N2. The first kappa shape index (κ1) is 11.4. The van der Waals surface area contributed by atoms with Crippen molar-refractivity contribution in [3.05, 3.63) is 47.7 Å². The number of para-hydroxylation sites is 1. The molecule has 1 aromatic heterocycles. The SMILES string of the molecule is CC(=Cc1cccc2cccnc12)CNC1CC1. The van der Waals surface area contributed by atoms with Gasteiger partial charge in [-0.3, -0.25) is 4.98 Å². The van der Waals surface area contributed by atoms with Crippen molar-refractivity contribution < 1.29 is 0 Å². The average molecular weight is 238 g/mol. The predicted octanol–water partition coefficient (Wildman–Crippen LogP) is 3.39. The number of aromatic nitrogens is 1. The second-order valence-electron chi connectivity index (χ2n) is 5.07. The first-order valence-corrected chi connectivity index (χ1v) is 6.57. The maximum absolute atomic E-state index is 4.48. The van der Waals surface area contributed by atoms with E-state index in [9.17, 15) is 0 Å². The van der Waals surface area contributed by atoms with Gasteiger partial charge in [0.15, 0.2) is 0 Å². The molecule has 0 bridgehead atoms. The molecule has 1 N–H and O–H groups in total. The van der Waals surface area contributed by atoms with Crippen molar-refractivity contribution in [1.29, 1.82) is 0 Å².